The molecule has 0 bridgehead atoms. The zero-order chi connectivity index (χ0) is 19.5. The van der Waals surface area contributed by atoms with Gasteiger partial charge in [0.2, 0.25) is 0 Å². The van der Waals surface area contributed by atoms with Crippen LogP contribution in [-0.2, 0) is 12.8 Å². The lowest BCUT2D eigenvalue weighted by Gasteiger charge is -2.36. The van der Waals surface area contributed by atoms with Crippen molar-refractivity contribution in [1.82, 2.24) is 0 Å². The molecule has 1 fully saturated rings. The number of fused-ring (bicyclic) bond motifs is 1. The van der Waals surface area contributed by atoms with Gasteiger partial charge in [-0.2, -0.15) is 0 Å². The molecule has 0 aromatic heterocycles. The van der Waals surface area contributed by atoms with Crippen molar-refractivity contribution in [2.75, 3.05) is 0 Å². The van der Waals surface area contributed by atoms with Crippen molar-refractivity contribution in [2.45, 2.75) is 44.9 Å². The third-order valence-electron chi connectivity index (χ3n) is 6.56. The fraction of sp³-hybridized carbons (Fsp3) is 0.385. The van der Waals surface area contributed by atoms with E-state index in [1.807, 2.05) is 6.07 Å². The zero-order valence-electron chi connectivity index (χ0n) is 16.2. The highest BCUT2D eigenvalue weighted by Crippen LogP contribution is 2.40. The minimum atomic E-state index is -0.293. The van der Waals surface area contributed by atoms with E-state index in [1.54, 1.807) is 18.2 Å². The Bertz CT molecular complexity index is 906. The maximum absolute atomic E-state index is 14.6. The van der Waals surface area contributed by atoms with Gasteiger partial charge in [-0.25, -0.2) is 8.78 Å². The summed E-state index contributed by atoms with van der Waals surface area (Å²) in [7, 11) is 0. The molecular formula is C26H26F2. The highest BCUT2D eigenvalue weighted by Gasteiger charge is 2.29. The smallest absolute Gasteiger partial charge is 0.139 e. The average Bonchev–Trinajstić information content (AvgIpc) is 2.73. The Balaban J connectivity index is 1.48. The fourth-order valence-corrected chi connectivity index (χ4v) is 4.83. The molecule has 1 saturated carbocycles. The molecule has 2 aromatic carbocycles. The lowest BCUT2D eigenvalue weighted by Crippen LogP contribution is -2.26. The van der Waals surface area contributed by atoms with E-state index in [1.165, 1.54) is 49.8 Å². The summed E-state index contributed by atoms with van der Waals surface area (Å²) < 4.78 is 27.6. The van der Waals surface area contributed by atoms with Crippen molar-refractivity contribution in [3.8, 4) is 11.8 Å². The molecule has 2 aliphatic carbocycles. The van der Waals surface area contributed by atoms with Crippen molar-refractivity contribution < 1.29 is 8.78 Å². The van der Waals surface area contributed by atoms with E-state index in [2.05, 4.69) is 24.5 Å². The molecule has 0 saturated heterocycles. The van der Waals surface area contributed by atoms with Crippen molar-refractivity contribution >= 4 is 0 Å². The number of halogens is 2. The van der Waals surface area contributed by atoms with Crippen LogP contribution in [0, 0.1) is 41.2 Å². The molecule has 2 heteroatoms. The zero-order valence-corrected chi connectivity index (χ0v) is 16.2. The topological polar surface area (TPSA) is 0 Å². The van der Waals surface area contributed by atoms with Crippen LogP contribution < -0.4 is 0 Å². The van der Waals surface area contributed by atoms with Crippen molar-refractivity contribution in [2.24, 2.45) is 17.8 Å². The first kappa shape index (κ1) is 18.9. The Labute approximate surface area is 166 Å². The molecule has 2 aliphatic rings. The van der Waals surface area contributed by atoms with Crippen LogP contribution in [0.2, 0.25) is 0 Å². The Morgan fingerprint density at radius 2 is 1.61 bits per heavy atom. The number of benzene rings is 2. The molecule has 0 heterocycles. The van der Waals surface area contributed by atoms with E-state index in [-0.39, 0.29) is 11.6 Å². The van der Waals surface area contributed by atoms with E-state index in [9.17, 15) is 8.78 Å². The molecule has 0 N–H and O–H groups in total. The van der Waals surface area contributed by atoms with Crippen LogP contribution in [0.25, 0.3) is 0 Å². The van der Waals surface area contributed by atoms with Crippen LogP contribution in [0.15, 0.2) is 49.1 Å². The monoisotopic (exact) mass is 376 g/mol. The summed E-state index contributed by atoms with van der Waals surface area (Å²) in [4.78, 5) is 0. The molecule has 1 unspecified atom stereocenters. The first-order valence-corrected chi connectivity index (χ1v) is 10.3. The summed E-state index contributed by atoms with van der Waals surface area (Å²) in [6.07, 6.45) is 10.4. The Morgan fingerprint density at radius 3 is 2.32 bits per heavy atom. The van der Waals surface area contributed by atoms with Gasteiger partial charge < -0.3 is 0 Å². The molecule has 28 heavy (non-hydrogen) atoms. The van der Waals surface area contributed by atoms with Crippen LogP contribution in [-0.4, -0.2) is 0 Å². The summed E-state index contributed by atoms with van der Waals surface area (Å²) in [6.45, 7) is 3.94. The molecule has 0 nitrogen and oxygen atoms in total. The third kappa shape index (κ3) is 4.20. The van der Waals surface area contributed by atoms with Gasteiger partial charge in [0.1, 0.15) is 11.6 Å². The van der Waals surface area contributed by atoms with E-state index in [0.717, 1.165) is 24.3 Å². The molecule has 0 aliphatic heterocycles. The molecule has 4 rings (SSSR count). The SMILES string of the molecule is C=CC1CCC(C2CCc3cc(C#Cc4ccc(F)cc4)c(F)cc3C2)CC1. The van der Waals surface area contributed by atoms with Gasteiger partial charge in [0.25, 0.3) is 0 Å². The molecule has 0 amide bonds. The molecule has 0 spiro atoms. The van der Waals surface area contributed by atoms with E-state index in [4.69, 9.17) is 0 Å². The number of hydrogen-bond acceptors (Lipinski definition) is 0. The maximum Gasteiger partial charge on any atom is 0.139 e. The standard InChI is InChI=1S/C26H26F2/c1-2-18-3-8-20(9-4-18)21-11-12-22-15-23(26(28)17-24(22)16-21)10-5-19-6-13-25(27)14-7-19/h2,6-7,13-15,17-18,20-21H,1,3-4,8-9,11-12,16H2. The Kier molecular flexibility index (Phi) is 5.62. The Morgan fingerprint density at radius 1 is 0.857 bits per heavy atom. The third-order valence-corrected chi connectivity index (χ3v) is 6.56. The highest BCUT2D eigenvalue weighted by molar-refractivity contribution is 5.47. The van der Waals surface area contributed by atoms with Gasteiger partial charge in [0.15, 0.2) is 0 Å². The van der Waals surface area contributed by atoms with Crippen molar-refractivity contribution in [1.29, 1.82) is 0 Å². The minimum absolute atomic E-state index is 0.246. The first-order chi connectivity index (χ1) is 13.6. The second kappa shape index (κ2) is 8.31. The van der Waals surface area contributed by atoms with Gasteiger partial charge in [0, 0.05) is 5.56 Å². The number of allylic oxidation sites excluding steroid dienone is 1. The summed E-state index contributed by atoms with van der Waals surface area (Å²) in [5.74, 6) is 7.46. The number of hydrogen-bond donors (Lipinski definition) is 0. The molecule has 144 valence electrons. The Hall–Kier alpha value is -2.40. The number of rotatable bonds is 2. The van der Waals surface area contributed by atoms with Crippen molar-refractivity contribution in [3.05, 3.63) is 82.9 Å². The predicted molar refractivity (Wildman–Crippen MR) is 110 cm³/mol. The van der Waals surface area contributed by atoms with Gasteiger partial charge in [0.05, 0.1) is 5.56 Å². The molecular weight excluding hydrogens is 350 g/mol. The van der Waals surface area contributed by atoms with Gasteiger partial charge in [-0.1, -0.05) is 17.9 Å². The van der Waals surface area contributed by atoms with Crippen LogP contribution in [0.1, 0.15) is 54.4 Å². The predicted octanol–water partition coefficient (Wildman–Crippen LogP) is 6.46. The van der Waals surface area contributed by atoms with Crippen LogP contribution in [0.5, 0.6) is 0 Å². The molecule has 1 atom stereocenters. The normalized spacial score (nSPS) is 24.0. The van der Waals surface area contributed by atoms with E-state index >= 15 is 0 Å². The van der Waals surface area contributed by atoms with Crippen LogP contribution in [0.3, 0.4) is 0 Å². The minimum Gasteiger partial charge on any atom is -0.207 e. The highest BCUT2D eigenvalue weighted by atomic mass is 19.1. The van der Waals surface area contributed by atoms with Gasteiger partial charge in [-0.05, 0) is 110 Å². The van der Waals surface area contributed by atoms with Crippen molar-refractivity contribution in [3.63, 3.8) is 0 Å². The van der Waals surface area contributed by atoms with Crippen LogP contribution >= 0.6 is 0 Å². The van der Waals surface area contributed by atoms with Gasteiger partial charge in [-0.3, -0.25) is 0 Å². The van der Waals surface area contributed by atoms with Gasteiger partial charge in [-0.15, -0.1) is 6.58 Å². The second-order valence-electron chi connectivity index (χ2n) is 8.27. The summed E-state index contributed by atoms with van der Waals surface area (Å²) >= 11 is 0. The van der Waals surface area contributed by atoms with E-state index in [0.29, 0.717) is 23.0 Å². The number of aryl methyl sites for hydroxylation is 1. The summed E-state index contributed by atoms with van der Waals surface area (Å²) in [5, 5.41) is 0. The summed E-state index contributed by atoms with van der Waals surface area (Å²) in [5.41, 5.74) is 3.52. The summed E-state index contributed by atoms with van der Waals surface area (Å²) in [6, 6.07) is 9.60. The lowest BCUT2D eigenvalue weighted by atomic mass is 9.69. The lowest BCUT2D eigenvalue weighted by molar-refractivity contribution is 0.206. The van der Waals surface area contributed by atoms with Crippen LogP contribution in [0.4, 0.5) is 8.78 Å². The second-order valence-corrected chi connectivity index (χ2v) is 8.27. The quantitative estimate of drug-likeness (QED) is 0.417. The molecule has 2 aromatic rings. The first-order valence-electron chi connectivity index (χ1n) is 10.3. The molecule has 0 radical (unpaired) electrons. The fourth-order valence-electron chi connectivity index (χ4n) is 4.83. The van der Waals surface area contributed by atoms with E-state index < -0.39 is 0 Å². The largest absolute Gasteiger partial charge is 0.207 e. The maximum atomic E-state index is 14.6. The van der Waals surface area contributed by atoms with Gasteiger partial charge >= 0.3 is 0 Å². The average molecular weight is 376 g/mol.